The van der Waals surface area contributed by atoms with Gasteiger partial charge in [0.05, 0.1) is 18.2 Å². The van der Waals surface area contributed by atoms with Crippen molar-refractivity contribution in [3.8, 4) is 0 Å². The van der Waals surface area contributed by atoms with Crippen LogP contribution in [-0.4, -0.2) is 29.3 Å². The molecule has 9 heteroatoms. The minimum absolute atomic E-state index is 0.0324. The summed E-state index contributed by atoms with van der Waals surface area (Å²) < 4.78 is 46.8. The molecule has 0 atom stereocenters. The second-order valence-corrected chi connectivity index (χ2v) is 8.18. The number of nitrogen functional groups attached to an aromatic ring is 1. The number of nitrogens with zero attached hydrogens (tertiary/aromatic N) is 1. The van der Waals surface area contributed by atoms with Crippen LogP contribution in [0.4, 0.5) is 11.4 Å². The maximum absolute atomic E-state index is 11.5. The molecule has 0 saturated carbocycles. The van der Waals surface area contributed by atoms with E-state index in [-0.39, 0.29) is 11.4 Å². The molecule has 6 nitrogen and oxygen atoms in total. The highest BCUT2D eigenvalue weighted by atomic mass is 79.9. The lowest BCUT2D eigenvalue weighted by Gasteiger charge is -2.21. The molecule has 1 aromatic rings. The SMILES string of the molecule is CS(=O)(=O)N(c1cc(N)ccc1Br)S(C)(=O)=O. The molecule has 17 heavy (non-hydrogen) atoms. The Morgan fingerprint density at radius 3 is 2.00 bits per heavy atom. The minimum atomic E-state index is -3.96. The van der Waals surface area contributed by atoms with Crippen molar-refractivity contribution < 1.29 is 16.8 Å². The molecule has 0 unspecified atom stereocenters. The molecular weight excluding hydrogens is 332 g/mol. The van der Waals surface area contributed by atoms with E-state index in [1.165, 1.54) is 18.2 Å². The van der Waals surface area contributed by atoms with Gasteiger partial charge in [-0.2, -0.15) is 3.71 Å². The fourth-order valence-corrected chi connectivity index (χ4v) is 4.92. The van der Waals surface area contributed by atoms with Crippen LogP contribution in [0.3, 0.4) is 0 Å². The van der Waals surface area contributed by atoms with Gasteiger partial charge in [0.2, 0.25) is 20.0 Å². The van der Waals surface area contributed by atoms with Gasteiger partial charge in [-0.05, 0) is 34.1 Å². The molecule has 0 fully saturated rings. The second kappa shape index (κ2) is 4.46. The van der Waals surface area contributed by atoms with E-state index in [9.17, 15) is 16.8 Å². The summed E-state index contributed by atoms with van der Waals surface area (Å²) in [5.41, 5.74) is 5.75. The van der Waals surface area contributed by atoms with Gasteiger partial charge in [0.25, 0.3) is 0 Å². The van der Waals surface area contributed by atoms with E-state index in [4.69, 9.17) is 5.73 Å². The van der Waals surface area contributed by atoms with Gasteiger partial charge in [0, 0.05) is 10.2 Å². The third-order valence-electron chi connectivity index (χ3n) is 1.77. The molecule has 0 heterocycles. The summed E-state index contributed by atoms with van der Waals surface area (Å²) in [5.74, 6) is 0. The number of hydrogen-bond acceptors (Lipinski definition) is 5. The van der Waals surface area contributed by atoms with Crippen molar-refractivity contribution >= 4 is 47.4 Å². The monoisotopic (exact) mass is 342 g/mol. The van der Waals surface area contributed by atoms with Crippen LogP contribution in [0, 0.1) is 0 Å². The molecule has 96 valence electrons. The Morgan fingerprint density at radius 1 is 1.12 bits per heavy atom. The molecule has 0 amide bonds. The Morgan fingerprint density at radius 2 is 1.59 bits per heavy atom. The van der Waals surface area contributed by atoms with Crippen LogP contribution in [-0.2, 0) is 20.0 Å². The van der Waals surface area contributed by atoms with Crippen molar-refractivity contribution in [2.45, 2.75) is 0 Å². The van der Waals surface area contributed by atoms with Gasteiger partial charge in [-0.15, -0.1) is 0 Å². The van der Waals surface area contributed by atoms with Crippen molar-refractivity contribution in [2.24, 2.45) is 0 Å². The Bertz CT molecular complexity index is 607. The third kappa shape index (κ3) is 3.33. The molecule has 0 aliphatic carbocycles. The van der Waals surface area contributed by atoms with Crippen LogP contribution in [0.5, 0.6) is 0 Å². The molecule has 2 N–H and O–H groups in total. The van der Waals surface area contributed by atoms with Crippen LogP contribution in [0.25, 0.3) is 0 Å². The van der Waals surface area contributed by atoms with Crippen molar-refractivity contribution in [3.05, 3.63) is 22.7 Å². The highest BCUT2D eigenvalue weighted by Crippen LogP contribution is 2.31. The first-order chi connectivity index (χ1) is 7.53. The number of hydrogen-bond donors (Lipinski definition) is 1. The lowest BCUT2D eigenvalue weighted by atomic mass is 10.3. The number of benzene rings is 1. The molecular formula is C8H11BrN2O4S2. The van der Waals surface area contributed by atoms with Crippen molar-refractivity contribution in [1.29, 1.82) is 0 Å². The first-order valence-corrected chi connectivity index (χ1v) is 8.78. The van der Waals surface area contributed by atoms with E-state index >= 15 is 0 Å². The summed E-state index contributed by atoms with van der Waals surface area (Å²) in [7, 11) is -7.91. The van der Waals surface area contributed by atoms with Crippen LogP contribution >= 0.6 is 15.9 Å². The molecule has 0 spiro atoms. The van der Waals surface area contributed by atoms with Crippen LogP contribution in [0.1, 0.15) is 0 Å². The summed E-state index contributed by atoms with van der Waals surface area (Å²) in [6.07, 6.45) is 1.62. The van der Waals surface area contributed by atoms with Crippen LogP contribution in [0.15, 0.2) is 22.7 Å². The predicted molar refractivity (Wildman–Crippen MR) is 70.7 cm³/mol. The standard InChI is InChI=1S/C8H11BrN2O4S2/c1-16(12,13)11(17(2,14)15)8-5-6(10)3-4-7(8)9/h3-5H,10H2,1-2H3. The van der Waals surface area contributed by atoms with Gasteiger partial charge in [-0.3, -0.25) is 0 Å². The zero-order valence-electron chi connectivity index (χ0n) is 9.08. The summed E-state index contributed by atoms with van der Waals surface area (Å²) in [6.45, 7) is 0. The van der Waals surface area contributed by atoms with E-state index in [2.05, 4.69) is 15.9 Å². The quantitative estimate of drug-likeness (QED) is 0.817. The van der Waals surface area contributed by atoms with Gasteiger partial charge in [0.1, 0.15) is 0 Å². The molecule has 1 rings (SSSR count). The third-order valence-corrected chi connectivity index (χ3v) is 5.66. The minimum Gasteiger partial charge on any atom is -0.399 e. The summed E-state index contributed by atoms with van der Waals surface area (Å²) in [6, 6.07) is 4.27. The van der Waals surface area contributed by atoms with Gasteiger partial charge in [-0.25, -0.2) is 16.8 Å². The Labute approximate surface area is 109 Å². The van der Waals surface area contributed by atoms with E-state index in [1.807, 2.05) is 0 Å². The first kappa shape index (κ1) is 14.3. The number of anilines is 2. The average Bonchev–Trinajstić information content (AvgIpc) is 2.06. The van der Waals surface area contributed by atoms with Gasteiger partial charge in [-0.1, -0.05) is 0 Å². The number of rotatable bonds is 3. The Kier molecular flexibility index (Phi) is 3.75. The molecule has 0 saturated heterocycles. The maximum Gasteiger partial charge on any atom is 0.245 e. The largest absolute Gasteiger partial charge is 0.399 e. The fourth-order valence-electron chi connectivity index (χ4n) is 1.27. The molecule has 0 aliphatic heterocycles. The lowest BCUT2D eigenvalue weighted by Crippen LogP contribution is -2.35. The van der Waals surface area contributed by atoms with Crippen molar-refractivity contribution in [2.75, 3.05) is 22.0 Å². The average molecular weight is 343 g/mol. The number of nitrogens with two attached hydrogens (primary N) is 1. The van der Waals surface area contributed by atoms with E-state index in [1.54, 1.807) is 0 Å². The summed E-state index contributed by atoms with van der Waals surface area (Å²) in [5, 5.41) is 0. The molecule has 0 aromatic heterocycles. The zero-order chi connectivity index (χ0) is 13.4. The highest BCUT2D eigenvalue weighted by molar-refractivity contribution is 9.10. The summed E-state index contributed by atoms with van der Waals surface area (Å²) >= 11 is 3.09. The molecule has 0 bridgehead atoms. The van der Waals surface area contributed by atoms with Crippen molar-refractivity contribution in [3.63, 3.8) is 0 Å². The Hall–Kier alpha value is -0.800. The van der Waals surface area contributed by atoms with Gasteiger partial charge >= 0.3 is 0 Å². The first-order valence-electron chi connectivity index (χ1n) is 4.29. The van der Waals surface area contributed by atoms with Gasteiger partial charge in [0.15, 0.2) is 0 Å². The smallest absolute Gasteiger partial charge is 0.245 e. The van der Waals surface area contributed by atoms with E-state index < -0.39 is 20.0 Å². The van der Waals surface area contributed by atoms with E-state index in [0.29, 0.717) is 8.18 Å². The topological polar surface area (TPSA) is 97.5 Å². The lowest BCUT2D eigenvalue weighted by molar-refractivity contribution is 0.590. The molecule has 1 aromatic carbocycles. The molecule has 0 aliphatic rings. The second-order valence-electron chi connectivity index (χ2n) is 3.43. The zero-order valence-corrected chi connectivity index (χ0v) is 12.3. The fraction of sp³-hybridized carbons (Fsp3) is 0.250. The van der Waals surface area contributed by atoms with E-state index in [0.717, 1.165) is 12.5 Å². The van der Waals surface area contributed by atoms with Crippen LogP contribution in [0.2, 0.25) is 0 Å². The number of halogens is 1. The maximum atomic E-state index is 11.5. The predicted octanol–water partition coefficient (Wildman–Crippen LogP) is 0.757. The highest BCUT2D eigenvalue weighted by Gasteiger charge is 2.28. The Balaban J connectivity index is 3.61. The number of sulfonamides is 2. The normalized spacial score (nSPS) is 12.4. The van der Waals surface area contributed by atoms with Crippen LogP contribution < -0.4 is 9.44 Å². The summed E-state index contributed by atoms with van der Waals surface area (Å²) in [4.78, 5) is 0. The van der Waals surface area contributed by atoms with Gasteiger partial charge < -0.3 is 5.73 Å². The molecule has 0 radical (unpaired) electrons. The van der Waals surface area contributed by atoms with Crippen molar-refractivity contribution in [1.82, 2.24) is 0 Å².